The highest BCUT2D eigenvalue weighted by atomic mass is 32.1. The van der Waals surface area contributed by atoms with E-state index in [0.717, 1.165) is 18.2 Å². The molecular formula is C22H29N3S. The van der Waals surface area contributed by atoms with Gasteiger partial charge in [0.2, 0.25) is 0 Å². The van der Waals surface area contributed by atoms with Crippen LogP contribution in [0.5, 0.6) is 0 Å². The van der Waals surface area contributed by atoms with E-state index >= 15 is 0 Å². The second-order valence-corrected chi connectivity index (χ2v) is 7.88. The summed E-state index contributed by atoms with van der Waals surface area (Å²) in [4.78, 5) is 2.50. The van der Waals surface area contributed by atoms with E-state index in [9.17, 15) is 0 Å². The predicted octanol–water partition coefficient (Wildman–Crippen LogP) is 5.28. The minimum Gasteiger partial charge on any atom is -0.371 e. The molecule has 26 heavy (non-hydrogen) atoms. The Balaban J connectivity index is 1.56. The summed E-state index contributed by atoms with van der Waals surface area (Å²) in [6, 6.07) is 17.3. The topological polar surface area (TPSA) is 27.3 Å². The highest BCUT2D eigenvalue weighted by molar-refractivity contribution is 7.80. The fourth-order valence-electron chi connectivity index (χ4n) is 3.48. The number of nitrogens with one attached hydrogen (secondary N) is 2. The number of hydrogen-bond donors (Lipinski definition) is 2. The van der Waals surface area contributed by atoms with Crippen molar-refractivity contribution in [3.8, 4) is 0 Å². The van der Waals surface area contributed by atoms with E-state index in [1.165, 1.54) is 36.2 Å². The molecule has 0 aromatic heterocycles. The quantitative estimate of drug-likeness (QED) is 0.719. The number of piperidine rings is 1. The third kappa shape index (κ3) is 4.98. The lowest BCUT2D eigenvalue weighted by atomic mass is 9.99. The van der Waals surface area contributed by atoms with Gasteiger partial charge in [0.15, 0.2) is 5.11 Å². The molecule has 2 aromatic carbocycles. The molecule has 138 valence electrons. The lowest BCUT2D eigenvalue weighted by Crippen LogP contribution is -2.34. The molecule has 2 aromatic rings. The standard InChI is InChI=1S/C22H29N3S/c1-16-6-10-20(11-7-16)24-22(26)23-18(3)19-8-12-21(13-9-19)25-14-4-5-17(2)15-25/h6-13,17-18H,4-5,14-15H2,1-3H3,(H2,23,24,26). The van der Waals surface area contributed by atoms with Crippen LogP contribution in [-0.4, -0.2) is 18.2 Å². The second kappa shape index (κ2) is 8.54. The van der Waals surface area contributed by atoms with Gasteiger partial charge in [0, 0.05) is 24.5 Å². The van der Waals surface area contributed by atoms with Crippen LogP contribution < -0.4 is 15.5 Å². The van der Waals surface area contributed by atoms with E-state index in [-0.39, 0.29) is 6.04 Å². The average Bonchev–Trinajstić information content (AvgIpc) is 2.64. The molecule has 3 nitrogen and oxygen atoms in total. The molecule has 0 saturated carbocycles. The molecule has 1 aliphatic rings. The van der Waals surface area contributed by atoms with Crippen molar-refractivity contribution in [2.75, 3.05) is 23.3 Å². The summed E-state index contributed by atoms with van der Waals surface area (Å²) in [7, 11) is 0. The van der Waals surface area contributed by atoms with Gasteiger partial charge in [-0.25, -0.2) is 0 Å². The fraction of sp³-hybridized carbons (Fsp3) is 0.409. The van der Waals surface area contributed by atoms with Crippen LogP contribution in [-0.2, 0) is 0 Å². The molecule has 1 heterocycles. The first kappa shape index (κ1) is 18.7. The monoisotopic (exact) mass is 367 g/mol. The lowest BCUT2D eigenvalue weighted by molar-refractivity contribution is 0.447. The van der Waals surface area contributed by atoms with Gasteiger partial charge in [-0.2, -0.15) is 0 Å². The van der Waals surface area contributed by atoms with Gasteiger partial charge in [-0.1, -0.05) is 36.8 Å². The molecule has 3 rings (SSSR count). The third-order valence-corrected chi connectivity index (χ3v) is 5.29. The van der Waals surface area contributed by atoms with Crippen LogP contribution >= 0.6 is 12.2 Å². The summed E-state index contributed by atoms with van der Waals surface area (Å²) in [5.74, 6) is 0.786. The summed E-state index contributed by atoms with van der Waals surface area (Å²) < 4.78 is 0. The normalized spacial score (nSPS) is 18.3. The maximum Gasteiger partial charge on any atom is 0.171 e. The van der Waals surface area contributed by atoms with Gasteiger partial charge < -0.3 is 15.5 Å². The summed E-state index contributed by atoms with van der Waals surface area (Å²) in [6.07, 6.45) is 2.64. The summed E-state index contributed by atoms with van der Waals surface area (Å²) in [6.45, 7) is 8.89. The number of hydrogen-bond acceptors (Lipinski definition) is 2. The Morgan fingerprint density at radius 1 is 1.12 bits per heavy atom. The van der Waals surface area contributed by atoms with Crippen LogP contribution in [0.2, 0.25) is 0 Å². The lowest BCUT2D eigenvalue weighted by Gasteiger charge is -2.33. The Bertz CT molecular complexity index is 724. The number of benzene rings is 2. The van der Waals surface area contributed by atoms with Crippen molar-refractivity contribution in [1.82, 2.24) is 5.32 Å². The number of anilines is 2. The van der Waals surface area contributed by atoms with E-state index in [2.05, 4.69) is 72.7 Å². The zero-order chi connectivity index (χ0) is 18.5. The molecule has 0 amide bonds. The molecule has 0 radical (unpaired) electrons. The zero-order valence-electron chi connectivity index (χ0n) is 16.0. The van der Waals surface area contributed by atoms with Crippen molar-refractivity contribution in [2.24, 2.45) is 5.92 Å². The van der Waals surface area contributed by atoms with Crippen molar-refractivity contribution in [1.29, 1.82) is 0 Å². The van der Waals surface area contributed by atoms with Gasteiger partial charge >= 0.3 is 0 Å². The van der Waals surface area contributed by atoms with E-state index in [1.54, 1.807) is 0 Å². The molecular weight excluding hydrogens is 338 g/mol. The molecule has 2 unspecified atom stereocenters. The average molecular weight is 368 g/mol. The van der Waals surface area contributed by atoms with Gasteiger partial charge in [-0.15, -0.1) is 0 Å². The molecule has 0 bridgehead atoms. The molecule has 1 fully saturated rings. The minimum atomic E-state index is 0.162. The molecule has 0 spiro atoms. The fourth-order valence-corrected chi connectivity index (χ4v) is 3.78. The minimum absolute atomic E-state index is 0.162. The Kier molecular flexibility index (Phi) is 6.15. The predicted molar refractivity (Wildman–Crippen MR) is 116 cm³/mol. The van der Waals surface area contributed by atoms with Crippen molar-refractivity contribution in [3.05, 3.63) is 59.7 Å². The van der Waals surface area contributed by atoms with Gasteiger partial charge in [0.25, 0.3) is 0 Å². The van der Waals surface area contributed by atoms with E-state index in [0.29, 0.717) is 5.11 Å². The highest BCUT2D eigenvalue weighted by Gasteiger charge is 2.17. The first-order chi connectivity index (χ1) is 12.5. The van der Waals surface area contributed by atoms with Gasteiger partial charge in [-0.05, 0) is 74.7 Å². The third-order valence-electron chi connectivity index (χ3n) is 5.07. The maximum absolute atomic E-state index is 5.46. The molecule has 4 heteroatoms. The second-order valence-electron chi connectivity index (χ2n) is 7.47. The van der Waals surface area contributed by atoms with Gasteiger partial charge in [-0.3, -0.25) is 0 Å². The van der Waals surface area contributed by atoms with Crippen molar-refractivity contribution < 1.29 is 0 Å². The van der Waals surface area contributed by atoms with Gasteiger partial charge in [0.1, 0.15) is 0 Å². The van der Waals surface area contributed by atoms with E-state index < -0.39 is 0 Å². The molecule has 0 aliphatic carbocycles. The van der Waals surface area contributed by atoms with Gasteiger partial charge in [0.05, 0.1) is 6.04 Å². The Labute approximate surface area is 162 Å². The first-order valence-electron chi connectivity index (χ1n) is 9.50. The smallest absolute Gasteiger partial charge is 0.171 e. The first-order valence-corrected chi connectivity index (χ1v) is 9.91. The summed E-state index contributed by atoms with van der Waals surface area (Å²) >= 11 is 5.46. The zero-order valence-corrected chi connectivity index (χ0v) is 16.8. The number of nitrogens with zero attached hydrogens (tertiary/aromatic N) is 1. The van der Waals surface area contributed by atoms with Crippen molar-refractivity contribution in [3.63, 3.8) is 0 Å². The Hall–Kier alpha value is -2.07. The Morgan fingerprint density at radius 3 is 2.46 bits per heavy atom. The Morgan fingerprint density at radius 2 is 1.81 bits per heavy atom. The summed E-state index contributed by atoms with van der Waals surface area (Å²) in [5, 5.41) is 7.27. The van der Waals surface area contributed by atoms with Crippen molar-refractivity contribution >= 4 is 28.7 Å². The van der Waals surface area contributed by atoms with Crippen LogP contribution in [0.4, 0.5) is 11.4 Å². The molecule has 2 atom stereocenters. The number of aryl methyl sites for hydroxylation is 1. The largest absolute Gasteiger partial charge is 0.371 e. The molecule has 1 aliphatic heterocycles. The van der Waals surface area contributed by atoms with Crippen molar-refractivity contribution in [2.45, 2.75) is 39.7 Å². The molecule has 1 saturated heterocycles. The van der Waals surface area contributed by atoms with Crippen LogP contribution in [0.25, 0.3) is 0 Å². The van der Waals surface area contributed by atoms with Crippen LogP contribution in [0.3, 0.4) is 0 Å². The van der Waals surface area contributed by atoms with E-state index in [1.807, 2.05) is 12.1 Å². The number of thiocarbonyl (C=S) groups is 1. The maximum atomic E-state index is 5.46. The summed E-state index contributed by atoms with van der Waals surface area (Å²) in [5.41, 5.74) is 4.82. The highest BCUT2D eigenvalue weighted by Crippen LogP contribution is 2.24. The van der Waals surface area contributed by atoms with Crippen LogP contribution in [0.15, 0.2) is 48.5 Å². The van der Waals surface area contributed by atoms with Crippen LogP contribution in [0, 0.1) is 12.8 Å². The van der Waals surface area contributed by atoms with E-state index in [4.69, 9.17) is 12.2 Å². The SMILES string of the molecule is Cc1ccc(NC(=S)NC(C)c2ccc(N3CCCC(C)C3)cc2)cc1. The number of rotatable bonds is 4. The van der Waals surface area contributed by atoms with Crippen LogP contribution in [0.1, 0.15) is 43.9 Å². The molecule has 2 N–H and O–H groups in total.